The third-order valence-electron chi connectivity index (χ3n) is 3.28. The van der Waals surface area contributed by atoms with E-state index < -0.39 is 0 Å². The summed E-state index contributed by atoms with van der Waals surface area (Å²) in [5, 5.41) is 20.6. The average molecular weight is 339 g/mol. The summed E-state index contributed by atoms with van der Waals surface area (Å²) >= 11 is 0. The lowest BCUT2D eigenvalue weighted by Crippen LogP contribution is -2.32. The van der Waals surface area contributed by atoms with Crippen molar-refractivity contribution in [1.82, 2.24) is 14.8 Å². The summed E-state index contributed by atoms with van der Waals surface area (Å²) in [6.07, 6.45) is 3.17. The summed E-state index contributed by atoms with van der Waals surface area (Å²) in [6, 6.07) is 10.5. The van der Waals surface area contributed by atoms with Gasteiger partial charge < -0.3 is 9.47 Å². The largest absolute Gasteiger partial charge is 0.497 e. The van der Waals surface area contributed by atoms with Crippen LogP contribution in [0, 0.1) is 10.8 Å². The Labute approximate surface area is 145 Å². The zero-order valence-electron chi connectivity index (χ0n) is 14.5. The molecule has 0 amide bonds. The highest BCUT2D eigenvalue weighted by Gasteiger charge is 2.07. The number of hydrogen-bond acceptors (Lipinski definition) is 6. The maximum Gasteiger partial charge on any atom is 0.162 e. The molecule has 0 aliphatic rings. The van der Waals surface area contributed by atoms with Crippen LogP contribution >= 0.6 is 0 Å². The Kier molecular flexibility index (Phi) is 6.22. The van der Waals surface area contributed by atoms with Crippen molar-refractivity contribution in [2.75, 3.05) is 13.7 Å². The summed E-state index contributed by atoms with van der Waals surface area (Å²) in [7, 11) is 1.60. The number of ether oxygens (including phenoxy) is 2. The van der Waals surface area contributed by atoms with Crippen LogP contribution in [0.4, 0.5) is 0 Å². The molecule has 7 heteroatoms. The fraction of sp³-hybridized carbons (Fsp3) is 0.222. The van der Waals surface area contributed by atoms with Gasteiger partial charge in [0.2, 0.25) is 0 Å². The number of aromatic nitrogens is 3. The van der Waals surface area contributed by atoms with Crippen molar-refractivity contribution in [3.63, 3.8) is 0 Å². The normalized spacial score (nSPS) is 9.88. The standard InChI is InChI=1S/C16H15N5O2.C2H6/c1-22-11-4-5-12-13(9-11)19-8-6-14(12)23-10-16(18)21-15(17)3-2-7-20-21;1-2/h2-9,17-18H,10H2,1H3;1-2H3. The van der Waals surface area contributed by atoms with Gasteiger partial charge in [0.05, 0.1) is 12.6 Å². The summed E-state index contributed by atoms with van der Waals surface area (Å²) < 4.78 is 12.1. The molecule has 0 spiro atoms. The molecule has 2 heterocycles. The molecule has 0 saturated carbocycles. The van der Waals surface area contributed by atoms with Gasteiger partial charge in [0.1, 0.15) is 23.6 Å². The van der Waals surface area contributed by atoms with E-state index in [1.54, 1.807) is 31.5 Å². The lowest BCUT2D eigenvalue weighted by molar-refractivity contribution is 0.373. The van der Waals surface area contributed by atoms with E-state index in [9.17, 15) is 0 Å². The van der Waals surface area contributed by atoms with E-state index in [1.165, 1.54) is 10.9 Å². The highest BCUT2D eigenvalue weighted by molar-refractivity contribution is 5.87. The number of nitrogens with zero attached hydrogens (tertiary/aromatic N) is 3. The van der Waals surface area contributed by atoms with Gasteiger partial charge in [0.15, 0.2) is 5.84 Å². The van der Waals surface area contributed by atoms with Crippen molar-refractivity contribution in [2.45, 2.75) is 13.8 Å². The monoisotopic (exact) mass is 339 g/mol. The molecule has 0 aliphatic heterocycles. The summed E-state index contributed by atoms with van der Waals surface area (Å²) in [5.41, 5.74) is 0.880. The van der Waals surface area contributed by atoms with Crippen molar-refractivity contribution in [2.24, 2.45) is 0 Å². The van der Waals surface area contributed by atoms with Crippen LogP contribution in [-0.4, -0.2) is 34.3 Å². The molecule has 7 nitrogen and oxygen atoms in total. The maximum atomic E-state index is 8.01. The van der Waals surface area contributed by atoms with Crippen LogP contribution in [0.2, 0.25) is 0 Å². The average Bonchev–Trinajstić information content (AvgIpc) is 2.67. The molecule has 130 valence electrons. The van der Waals surface area contributed by atoms with E-state index >= 15 is 0 Å². The molecule has 1 aromatic carbocycles. The quantitative estimate of drug-likeness (QED) is 0.564. The highest BCUT2D eigenvalue weighted by Crippen LogP contribution is 2.26. The number of rotatable bonds is 4. The number of hydrogen-bond donors (Lipinski definition) is 2. The van der Waals surface area contributed by atoms with E-state index in [2.05, 4.69) is 10.1 Å². The number of benzene rings is 1. The predicted molar refractivity (Wildman–Crippen MR) is 96.3 cm³/mol. The van der Waals surface area contributed by atoms with Gasteiger partial charge in [-0.1, -0.05) is 13.8 Å². The Bertz CT molecular complexity index is 920. The minimum atomic E-state index is -0.00129. The van der Waals surface area contributed by atoms with Crippen LogP contribution in [0.3, 0.4) is 0 Å². The predicted octanol–water partition coefficient (Wildman–Crippen LogP) is 2.85. The van der Waals surface area contributed by atoms with Gasteiger partial charge in [-0.05, 0) is 30.3 Å². The smallest absolute Gasteiger partial charge is 0.162 e. The number of methoxy groups -OCH3 is 1. The number of fused-ring (bicyclic) bond motifs is 1. The van der Waals surface area contributed by atoms with Gasteiger partial charge >= 0.3 is 0 Å². The molecule has 0 radical (unpaired) electrons. The minimum absolute atomic E-state index is 0.00129. The Balaban J connectivity index is 0.00000109. The first-order valence-corrected chi connectivity index (χ1v) is 7.91. The van der Waals surface area contributed by atoms with Crippen LogP contribution in [0.15, 0.2) is 48.8 Å². The first-order chi connectivity index (χ1) is 12.2. The van der Waals surface area contributed by atoms with Gasteiger partial charge in [-0.25, -0.2) is 0 Å². The molecule has 2 N–H and O–H groups in total. The number of pyridine rings is 1. The molecule has 0 atom stereocenters. The third kappa shape index (κ3) is 4.20. The van der Waals surface area contributed by atoms with Gasteiger partial charge in [-0.2, -0.15) is 9.78 Å². The van der Waals surface area contributed by atoms with Crippen LogP contribution in [0.25, 0.3) is 10.9 Å². The van der Waals surface area contributed by atoms with Gasteiger partial charge in [-0.3, -0.25) is 15.8 Å². The van der Waals surface area contributed by atoms with Crippen molar-refractivity contribution in [3.8, 4) is 11.5 Å². The Morgan fingerprint density at radius 3 is 2.68 bits per heavy atom. The molecule has 0 bridgehead atoms. The van der Waals surface area contributed by atoms with Crippen LogP contribution in [0.1, 0.15) is 13.8 Å². The fourth-order valence-corrected chi connectivity index (χ4v) is 2.15. The topological polar surface area (TPSA) is 96.9 Å². The second kappa shape index (κ2) is 8.58. The maximum absolute atomic E-state index is 8.01. The Hall–Kier alpha value is -3.22. The van der Waals surface area contributed by atoms with Crippen molar-refractivity contribution < 1.29 is 9.47 Å². The first kappa shape index (κ1) is 18.1. The lowest BCUT2D eigenvalue weighted by Gasteiger charge is -2.11. The fourth-order valence-electron chi connectivity index (χ4n) is 2.15. The SMILES string of the molecule is CC.COc1ccc2c(OCC(=N)n3ncccc3=N)ccnc2c1. The van der Waals surface area contributed by atoms with Crippen molar-refractivity contribution >= 4 is 16.7 Å². The van der Waals surface area contributed by atoms with Crippen LogP contribution < -0.4 is 15.0 Å². The summed E-state index contributed by atoms with van der Waals surface area (Å²) in [5.74, 6) is 1.41. The molecule has 0 fully saturated rings. The highest BCUT2D eigenvalue weighted by atomic mass is 16.5. The number of nitrogens with one attached hydrogen (secondary N) is 2. The summed E-state index contributed by atoms with van der Waals surface area (Å²) in [6.45, 7) is 4.00. The molecule has 0 aliphatic carbocycles. The van der Waals surface area contributed by atoms with E-state index in [0.29, 0.717) is 5.75 Å². The lowest BCUT2D eigenvalue weighted by atomic mass is 10.2. The van der Waals surface area contributed by atoms with E-state index in [1.807, 2.05) is 32.0 Å². The molecular weight excluding hydrogens is 318 g/mol. The molecule has 2 aromatic heterocycles. The third-order valence-corrected chi connectivity index (χ3v) is 3.28. The van der Waals surface area contributed by atoms with Gasteiger partial charge in [0.25, 0.3) is 0 Å². The van der Waals surface area contributed by atoms with E-state index in [0.717, 1.165) is 16.7 Å². The second-order valence-corrected chi connectivity index (χ2v) is 4.75. The summed E-state index contributed by atoms with van der Waals surface area (Å²) in [4.78, 5) is 4.29. The zero-order valence-corrected chi connectivity index (χ0v) is 14.5. The van der Waals surface area contributed by atoms with Gasteiger partial charge in [-0.15, -0.1) is 0 Å². The Morgan fingerprint density at radius 1 is 1.16 bits per heavy atom. The van der Waals surface area contributed by atoms with Crippen molar-refractivity contribution in [3.05, 3.63) is 54.3 Å². The first-order valence-electron chi connectivity index (χ1n) is 7.91. The second-order valence-electron chi connectivity index (χ2n) is 4.75. The van der Waals surface area contributed by atoms with Crippen LogP contribution in [0.5, 0.6) is 11.5 Å². The van der Waals surface area contributed by atoms with Crippen LogP contribution in [-0.2, 0) is 0 Å². The molecule has 3 rings (SSSR count). The molecule has 0 unspecified atom stereocenters. The molecular formula is C18H21N5O2. The van der Waals surface area contributed by atoms with E-state index in [4.69, 9.17) is 20.3 Å². The minimum Gasteiger partial charge on any atom is -0.497 e. The molecule has 3 aromatic rings. The van der Waals surface area contributed by atoms with E-state index in [-0.39, 0.29) is 17.9 Å². The Morgan fingerprint density at radius 2 is 1.96 bits per heavy atom. The molecule has 0 saturated heterocycles. The molecule has 25 heavy (non-hydrogen) atoms. The van der Waals surface area contributed by atoms with Gasteiger partial charge in [0, 0.05) is 23.8 Å². The zero-order chi connectivity index (χ0) is 18.2. The van der Waals surface area contributed by atoms with Crippen molar-refractivity contribution in [1.29, 1.82) is 10.8 Å².